The molecule has 0 saturated heterocycles. The van der Waals surface area contributed by atoms with E-state index >= 15 is 0 Å². The van der Waals surface area contributed by atoms with Gasteiger partial charge in [-0.1, -0.05) is 75.2 Å². The van der Waals surface area contributed by atoms with Crippen LogP contribution in [0.25, 0.3) is 0 Å². The van der Waals surface area contributed by atoms with Gasteiger partial charge < -0.3 is 20.3 Å². The summed E-state index contributed by atoms with van der Waals surface area (Å²) in [4.78, 5) is 43.9. The zero-order valence-electron chi connectivity index (χ0n) is 28.6. The predicted molar refractivity (Wildman–Crippen MR) is 176 cm³/mol. The summed E-state index contributed by atoms with van der Waals surface area (Å²) < 4.78 is 5.55. The van der Waals surface area contributed by atoms with Crippen molar-refractivity contribution in [2.45, 2.75) is 126 Å². The van der Waals surface area contributed by atoms with Gasteiger partial charge in [0.05, 0.1) is 0 Å². The van der Waals surface area contributed by atoms with Crippen molar-refractivity contribution < 1.29 is 19.1 Å². The van der Waals surface area contributed by atoms with Gasteiger partial charge >= 0.3 is 6.09 Å². The highest BCUT2D eigenvalue weighted by Gasteiger charge is 2.39. The minimum absolute atomic E-state index is 0.111. The second-order valence-electron chi connectivity index (χ2n) is 14.0. The first-order chi connectivity index (χ1) is 19.9. The molecule has 2 N–H and O–H groups in total. The maximum absolute atomic E-state index is 14.7. The third-order valence-electron chi connectivity index (χ3n) is 7.40. The van der Waals surface area contributed by atoms with Crippen molar-refractivity contribution in [1.82, 2.24) is 10.2 Å². The number of hydrogen-bond donors (Lipinski definition) is 2. The van der Waals surface area contributed by atoms with Crippen molar-refractivity contribution in [3.8, 4) is 0 Å². The Morgan fingerprint density at radius 2 is 1.40 bits per heavy atom. The molecule has 0 radical (unpaired) electrons. The van der Waals surface area contributed by atoms with Crippen molar-refractivity contribution in [3.63, 3.8) is 0 Å². The first-order valence-corrected chi connectivity index (χ1v) is 15.7. The Bertz CT molecular complexity index is 1220. The molecule has 3 atom stereocenters. The van der Waals surface area contributed by atoms with Gasteiger partial charge in [-0.2, -0.15) is 0 Å². The van der Waals surface area contributed by atoms with Crippen LogP contribution in [-0.2, 0) is 14.3 Å². The molecule has 3 amide bonds. The number of nitrogens with zero attached hydrogens (tertiary/aromatic N) is 1. The van der Waals surface area contributed by atoms with Gasteiger partial charge in [-0.05, 0) is 103 Å². The topological polar surface area (TPSA) is 87.7 Å². The molecular formula is C36H55N3O4. The third kappa shape index (κ3) is 11.0. The molecule has 0 bridgehead atoms. The number of alkyl carbamates (subject to hydrolysis) is 1. The minimum Gasteiger partial charge on any atom is -0.444 e. The summed E-state index contributed by atoms with van der Waals surface area (Å²) in [6.07, 6.45) is 1.35. The van der Waals surface area contributed by atoms with E-state index in [1.54, 1.807) is 25.7 Å². The normalized spacial score (nSPS) is 13.8. The van der Waals surface area contributed by atoms with Crippen LogP contribution in [-0.4, -0.2) is 40.5 Å². The number of hydrogen-bond acceptors (Lipinski definition) is 4. The summed E-state index contributed by atoms with van der Waals surface area (Å²) in [5.74, 6) is -0.0435. The van der Waals surface area contributed by atoms with Crippen LogP contribution >= 0.6 is 0 Å². The van der Waals surface area contributed by atoms with Gasteiger partial charge in [0.25, 0.3) is 5.91 Å². The van der Waals surface area contributed by atoms with Crippen LogP contribution in [0.2, 0.25) is 0 Å². The zero-order chi connectivity index (χ0) is 32.6. The lowest BCUT2D eigenvalue weighted by Gasteiger charge is -2.39. The van der Waals surface area contributed by atoms with Crippen molar-refractivity contribution >= 4 is 23.6 Å². The summed E-state index contributed by atoms with van der Waals surface area (Å²) in [5.41, 5.74) is 4.68. The number of ether oxygens (including phenoxy) is 1. The Labute approximate surface area is 260 Å². The van der Waals surface area contributed by atoms with Gasteiger partial charge in [-0.3, -0.25) is 9.59 Å². The molecular weight excluding hydrogens is 538 g/mol. The van der Waals surface area contributed by atoms with Gasteiger partial charge in [0.2, 0.25) is 5.91 Å². The smallest absolute Gasteiger partial charge is 0.408 e. The zero-order valence-corrected chi connectivity index (χ0v) is 28.6. The van der Waals surface area contributed by atoms with E-state index in [0.29, 0.717) is 18.8 Å². The number of nitrogens with one attached hydrogen (secondary N) is 2. The molecule has 238 valence electrons. The van der Waals surface area contributed by atoms with Gasteiger partial charge in [0.1, 0.15) is 17.7 Å². The molecule has 0 aliphatic rings. The van der Waals surface area contributed by atoms with Gasteiger partial charge in [0, 0.05) is 11.7 Å². The molecule has 3 unspecified atom stereocenters. The molecule has 0 aliphatic carbocycles. The monoisotopic (exact) mass is 593 g/mol. The second kappa shape index (κ2) is 15.4. The summed E-state index contributed by atoms with van der Waals surface area (Å²) >= 11 is 0. The Morgan fingerprint density at radius 1 is 0.837 bits per heavy atom. The Kier molecular flexibility index (Phi) is 12.8. The number of carbonyl (C=O) groups excluding carboxylic acids is 3. The molecule has 2 aromatic carbocycles. The Balaban J connectivity index is 2.72. The lowest BCUT2D eigenvalue weighted by Crippen LogP contribution is -2.55. The first-order valence-electron chi connectivity index (χ1n) is 15.7. The second-order valence-corrected chi connectivity index (χ2v) is 14.0. The largest absolute Gasteiger partial charge is 0.444 e. The van der Waals surface area contributed by atoms with Gasteiger partial charge in [0.15, 0.2) is 0 Å². The highest BCUT2D eigenvalue weighted by molar-refractivity contribution is 6.00. The average Bonchev–Trinajstić information content (AvgIpc) is 2.85. The lowest BCUT2D eigenvalue weighted by atomic mass is 9.93. The Hall–Kier alpha value is -3.35. The quantitative estimate of drug-likeness (QED) is 0.260. The fourth-order valence-electron chi connectivity index (χ4n) is 5.44. The fourth-order valence-corrected chi connectivity index (χ4v) is 5.44. The van der Waals surface area contributed by atoms with E-state index in [-0.39, 0.29) is 23.8 Å². The van der Waals surface area contributed by atoms with Crippen LogP contribution < -0.4 is 10.6 Å². The molecule has 0 aliphatic heterocycles. The maximum Gasteiger partial charge on any atom is 0.408 e. The molecule has 0 fully saturated rings. The van der Waals surface area contributed by atoms with E-state index in [0.717, 1.165) is 39.9 Å². The summed E-state index contributed by atoms with van der Waals surface area (Å²) in [6.45, 7) is 23.6. The average molecular weight is 594 g/mol. The number of para-hydroxylation sites is 1. The molecule has 7 heteroatoms. The van der Waals surface area contributed by atoms with E-state index in [9.17, 15) is 14.4 Å². The molecule has 0 spiro atoms. The molecule has 0 saturated carbocycles. The van der Waals surface area contributed by atoms with Gasteiger partial charge in [-0.25, -0.2) is 4.79 Å². The molecule has 2 rings (SSSR count). The Morgan fingerprint density at radius 3 is 1.88 bits per heavy atom. The fraction of sp³-hybridized carbons (Fsp3) is 0.583. The molecule has 43 heavy (non-hydrogen) atoms. The predicted octanol–water partition coefficient (Wildman–Crippen LogP) is 8.19. The van der Waals surface area contributed by atoms with E-state index < -0.39 is 23.8 Å². The van der Waals surface area contributed by atoms with Crippen LogP contribution in [0.4, 0.5) is 10.5 Å². The molecule has 0 aromatic heterocycles. The van der Waals surface area contributed by atoms with Crippen molar-refractivity contribution in [2.75, 3.05) is 5.32 Å². The molecule has 2 aromatic rings. The molecule has 0 heterocycles. The highest BCUT2D eigenvalue weighted by Crippen LogP contribution is 2.31. The molecule has 7 nitrogen and oxygen atoms in total. The number of carbonyl (C=O) groups is 3. The lowest BCUT2D eigenvalue weighted by molar-refractivity contribution is -0.144. The minimum atomic E-state index is -0.914. The van der Waals surface area contributed by atoms with E-state index in [1.807, 2.05) is 78.8 Å². The van der Waals surface area contributed by atoms with Crippen LogP contribution in [0.5, 0.6) is 0 Å². The van der Waals surface area contributed by atoms with Crippen molar-refractivity contribution in [1.29, 1.82) is 0 Å². The van der Waals surface area contributed by atoms with Crippen LogP contribution in [0.15, 0.2) is 36.4 Å². The highest BCUT2D eigenvalue weighted by atomic mass is 16.6. The number of amides is 3. The van der Waals surface area contributed by atoms with Crippen LogP contribution in [0.1, 0.15) is 109 Å². The van der Waals surface area contributed by atoms with E-state index in [1.165, 1.54) is 0 Å². The number of aryl methyl sites for hydroxylation is 4. The van der Waals surface area contributed by atoms with Gasteiger partial charge in [-0.15, -0.1) is 0 Å². The third-order valence-corrected chi connectivity index (χ3v) is 7.40. The summed E-state index contributed by atoms with van der Waals surface area (Å²) in [6, 6.07) is 9.86. The first kappa shape index (κ1) is 35.8. The number of anilines is 1. The maximum atomic E-state index is 14.7. The SMILES string of the molecule is Cc1cc(C)cc(C(C(=O)Nc2c(C)cccc2C)N(C(=O)C(CC(C)C)NC(=O)OC(C)(C)C)C(C)CCC(C)C)c1. The number of benzene rings is 2. The van der Waals surface area contributed by atoms with Crippen LogP contribution in [0.3, 0.4) is 0 Å². The summed E-state index contributed by atoms with van der Waals surface area (Å²) in [5, 5.41) is 6.03. The van der Waals surface area contributed by atoms with Crippen molar-refractivity contribution in [2.24, 2.45) is 11.8 Å². The standard InChI is InChI=1S/C36H55N3O4/c1-22(2)16-17-28(9)39(34(41)30(18-23(3)4)37-35(42)43-36(10,11)12)32(29-20-24(5)19-25(6)21-29)33(40)38-31-26(7)14-13-15-27(31)8/h13-15,19-23,28,30,32H,16-18H2,1-12H3,(H,37,42)(H,38,40). The van der Waals surface area contributed by atoms with E-state index in [2.05, 4.69) is 30.5 Å². The summed E-state index contributed by atoms with van der Waals surface area (Å²) in [7, 11) is 0. The number of rotatable bonds is 12. The van der Waals surface area contributed by atoms with Crippen LogP contribution in [0, 0.1) is 39.5 Å². The van der Waals surface area contributed by atoms with Crippen molar-refractivity contribution in [3.05, 3.63) is 64.2 Å². The van der Waals surface area contributed by atoms with E-state index in [4.69, 9.17) is 4.74 Å².